The van der Waals surface area contributed by atoms with Gasteiger partial charge in [-0.25, -0.2) is 0 Å². The summed E-state index contributed by atoms with van der Waals surface area (Å²) in [5, 5.41) is 3.15. The zero-order valence-corrected chi connectivity index (χ0v) is 13.3. The molecule has 2 aromatic rings. The van der Waals surface area contributed by atoms with Gasteiger partial charge in [-0.05, 0) is 53.2 Å². The molecule has 0 fully saturated rings. The molecular weight excluding hydrogens is 383 g/mol. The highest BCUT2D eigenvalue weighted by atomic mass is 127. The summed E-state index contributed by atoms with van der Waals surface area (Å²) in [6.07, 6.45) is 0. The zero-order chi connectivity index (χ0) is 13.1. The molecule has 0 saturated heterocycles. The van der Waals surface area contributed by atoms with Gasteiger partial charge < -0.3 is 5.32 Å². The van der Waals surface area contributed by atoms with Gasteiger partial charge in [0.05, 0.1) is 5.02 Å². The van der Waals surface area contributed by atoms with Crippen molar-refractivity contribution >= 4 is 51.6 Å². The molecule has 1 amide bonds. The van der Waals surface area contributed by atoms with Gasteiger partial charge in [-0.3, -0.25) is 4.79 Å². The fraction of sp³-hybridized carbons (Fsp3) is 0.167. The maximum atomic E-state index is 11.7. The van der Waals surface area contributed by atoms with Gasteiger partial charge in [0.2, 0.25) is 0 Å². The third-order valence-corrected chi connectivity index (χ3v) is 4.34. The summed E-state index contributed by atoms with van der Waals surface area (Å²) in [7, 11) is 0. The van der Waals surface area contributed by atoms with Gasteiger partial charge in [-0.2, -0.15) is 4.37 Å². The van der Waals surface area contributed by atoms with Gasteiger partial charge in [0.15, 0.2) is 0 Å². The molecule has 1 aromatic carbocycles. The lowest BCUT2D eigenvalue weighted by Gasteiger charge is -2.00. The van der Waals surface area contributed by atoms with Crippen LogP contribution in [0.25, 0.3) is 11.3 Å². The topological polar surface area (TPSA) is 42.0 Å². The second-order valence-corrected chi connectivity index (χ2v) is 5.94. The Labute approximate surface area is 128 Å². The van der Waals surface area contributed by atoms with Crippen LogP contribution >= 0.6 is 45.7 Å². The number of carbonyl (C=O) groups excluding carboxylic acids is 1. The molecule has 0 aliphatic rings. The summed E-state index contributed by atoms with van der Waals surface area (Å²) in [5.41, 5.74) is 1.59. The molecule has 0 aliphatic heterocycles. The average molecular weight is 393 g/mol. The van der Waals surface area contributed by atoms with Crippen molar-refractivity contribution in [1.29, 1.82) is 0 Å². The number of rotatable bonds is 3. The second kappa shape index (κ2) is 5.99. The first kappa shape index (κ1) is 13.8. The van der Waals surface area contributed by atoms with Crippen molar-refractivity contribution in [3.05, 3.63) is 37.7 Å². The van der Waals surface area contributed by atoms with Crippen LogP contribution in [0.1, 0.15) is 16.6 Å². The minimum atomic E-state index is -0.170. The Morgan fingerprint density at radius 2 is 2.11 bits per heavy atom. The highest BCUT2D eigenvalue weighted by Crippen LogP contribution is 2.32. The van der Waals surface area contributed by atoms with Crippen molar-refractivity contribution in [3.8, 4) is 11.3 Å². The molecule has 0 atom stereocenters. The molecule has 3 nitrogen and oxygen atoms in total. The summed E-state index contributed by atoms with van der Waals surface area (Å²) < 4.78 is 5.41. The Morgan fingerprint density at radius 1 is 1.44 bits per heavy atom. The van der Waals surface area contributed by atoms with Crippen molar-refractivity contribution in [3.63, 3.8) is 0 Å². The lowest BCUT2D eigenvalue weighted by molar-refractivity contribution is 0.0960. The number of amides is 1. The van der Waals surface area contributed by atoms with Crippen LogP contribution in [0.3, 0.4) is 0 Å². The molecule has 1 aromatic heterocycles. The number of carbonyl (C=O) groups is 1. The molecule has 94 valence electrons. The van der Waals surface area contributed by atoms with Crippen LogP contribution in [-0.4, -0.2) is 16.8 Å². The first-order chi connectivity index (χ1) is 8.63. The number of hydrogen-bond acceptors (Lipinski definition) is 3. The summed E-state index contributed by atoms with van der Waals surface area (Å²) in [6, 6.07) is 7.86. The van der Waals surface area contributed by atoms with Crippen molar-refractivity contribution < 1.29 is 4.79 Å². The van der Waals surface area contributed by atoms with Crippen molar-refractivity contribution in [2.24, 2.45) is 0 Å². The van der Waals surface area contributed by atoms with E-state index in [-0.39, 0.29) is 5.91 Å². The molecule has 1 N–H and O–H groups in total. The Balaban J connectivity index is 2.36. The number of nitrogens with zero attached hydrogens (tertiary/aromatic N) is 1. The van der Waals surface area contributed by atoms with E-state index < -0.39 is 0 Å². The van der Waals surface area contributed by atoms with Gasteiger partial charge in [0.25, 0.3) is 5.91 Å². The van der Waals surface area contributed by atoms with E-state index in [9.17, 15) is 4.79 Å². The number of nitrogens with one attached hydrogen (secondary N) is 1. The van der Waals surface area contributed by atoms with Crippen LogP contribution in [0.2, 0.25) is 5.02 Å². The number of hydrogen-bond donors (Lipinski definition) is 1. The molecule has 0 spiro atoms. The minimum absolute atomic E-state index is 0.170. The lowest BCUT2D eigenvalue weighted by Crippen LogP contribution is -2.21. The SMILES string of the molecule is CCNC(=O)c1snc(-c2ccc(I)cc2)c1Cl. The smallest absolute Gasteiger partial charge is 0.264 e. The Kier molecular flexibility index (Phi) is 4.58. The van der Waals surface area contributed by atoms with Crippen LogP contribution in [0.5, 0.6) is 0 Å². The molecule has 0 aliphatic carbocycles. The maximum Gasteiger partial charge on any atom is 0.264 e. The Morgan fingerprint density at radius 3 is 2.72 bits per heavy atom. The minimum Gasteiger partial charge on any atom is -0.352 e. The molecule has 1 heterocycles. The summed E-state index contributed by atoms with van der Waals surface area (Å²) in [4.78, 5) is 12.2. The van der Waals surface area contributed by atoms with E-state index in [4.69, 9.17) is 11.6 Å². The molecule has 0 unspecified atom stereocenters. The predicted octanol–water partition coefficient (Wildman–Crippen LogP) is 3.82. The van der Waals surface area contributed by atoms with Gasteiger partial charge in [-0.15, -0.1) is 0 Å². The fourth-order valence-corrected chi connectivity index (χ4v) is 2.91. The highest BCUT2D eigenvalue weighted by molar-refractivity contribution is 14.1. The average Bonchev–Trinajstić information content (AvgIpc) is 2.73. The number of benzene rings is 1. The predicted molar refractivity (Wildman–Crippen MR) is 83.3 cm³/mol. The molecule has 0 saturated carbocycles. The van der Waals surface area contributed by atoms with Gasteiger partial charge in [0.1, 0.15) is 10.6 Å². The molecule has 6 heteroatoms. The van der Waals surface area contributed by atoms with Crippen LogP contribution in [0, 0.1) is 3.57 Å². The monoisotopic (exact) mass is 392 g/mol. The van der Waals surface area contributed by atoms with Crippen LogP contribution in [0.4, 0.5) is 0 Å². The Bertz CT molecular complexity index is 568. The third kappa shape index (κ3) is 2.84. The van der Waals surface area contributed by atoms with E-state index in [2.05, 4.69) is 32.3 Å². The second-order valence-electron chi connectivity index (χ2n) is 3.54. The van der Waals surface area contributed by atoms with E-state index >= 15 is 0 Å². The molecular formula is C12H10ClIN2OS. The molecule has 18 heavy (non-hydrogen) atoms. The van der Waals surface area contributed by atoms with Crippen LogP contribution < -0.4 is 5.32 Å². The largest absolute Gasteiger partial charge is 0.352 e. The first-order valence-electron chi connectivity index (χ1n) is 5.32. The quantitative estimate of drug-likeness (QED) is 0.807. The van der Waals surface area contributed by atoms with E-state index in [1.54, 1.807) is 0 Å². The van der Waals surface area contributed by atoms with Gasteiger partial charge in [0, 0.05) is 15.7 Å². The summed E-state index contributed by atoms with van der Waals surface area (Å²) >= 11 is 9.58. The summed E-state index contributed by atoms with van der Waals surface area (Å²) in [5.74, 6) is -0.170. The van der Waals surface area contributed by atoms with E-state index in [1.165, 1.54) is 0 Å². The van der Waals surface area contributed by atoms with Crippen LogP contribution in [-0.2, 0) is 0 Å². The zero-order valence-electron chi connectivity index (χ0n) is 9.54. The molecule has 2 rings (SSSR count). The van der Waals surface area contributed by atoms with E-state index in [1.807, 2.05) is 31.2 Å². The number of halogens is 2. The molecule has 0 radical (unpaired) electrons. The summed E-state index contributed by atoms with van der Waals surface area (Å²) in [6.45, 7) is 2.44. The van der Waals surface area contributed by atoms with Crippen molar-refractivity contribution in [1.82, 2.24) is 9.69 Å². The highest BCUT2D eigenvalue weighted by Gasteiger charge is 2.18. The van der Waals surface area contributed by atoms with Crippen molar-refractivity contribution in [2.75, 3.05) is 6.54 Å². The third-order valence-electron chi connectivity index (χ3n) is 2.30. The first-order valence-corrected chi connectivity index (χ1v) is 7.55. The molecule has 0 bridgehead atoms. The fourth-order valence-electron chi connectivity index (χ4n) is 1.45. The van der Waals surface area contributed by atoms with Gasteiger partial charge in [-0.1, -0.05) is 23.7 Å². The lowest BCUT2D eigenvalue weighted by atomic mass is 10.1. The Hall–Kier alpha value is -0.660. The standard InChI is InChI=1S/C12H10ClIN2OS/c1-2-15-12(17)11-9(13)10(16-18-11)7-3-5-8(14)6-4-7/h3-6H,2H2,1H3,(H,15,17). The maximum absolute atomic E-state index is 11.7. The number of aromatic nitrogens is 1. The van der Waals surface area contributed by atoms with Gasteiger partial charge >= 0.3 is 0 Å². The normalized spacial score (nSPS) is 10.4. The van der Waals surface area contributed by atoms with E-state index in [0.29, 0.717) is 22.1 Å². The van der Waals surface area contributed by atoms with Crippen molar-refractivity contribution in [2.45, 2.75) is 6.92 Å². The van der Waals surface area contributed by atoms with E-state index in [0.717, 1.165) is 20.7 Å². The van der Waals surface area contributed by atoms with Crippen LogP contribution in [0.15, 0.2) is 24.3 Å².